The molecule has 0 spiro atoms. The van der Waals surface area contributed by atoms with Crippen LogP contribution in [0.4, 0.5) is 0 Å². The first kappa shape index (κ1) is 14.5. The molecule has 0 aliphatic heterocycles. The summed E-state index contributed by atoms with van der Waals surface area (Å²) in [6.45, 7) is 2.64. The van der Waals surface area contributed by atoms with Gasteiger partial charge in [0.25, 0.3) is 0 Å². The molecule has 4 heteroatoms. The maximum absolute atomic E-state index is 10.2. The molecule has 2 rings (SSSR count). The number of benzene rings is 1. The van der Waals surface area contributed by atoms with Crippen molar-refractivity contribution in [2.24, 2.45) is 0 Å². The Hall–Kier alpha value is -0.870. The third-order valence-corrected chi connectivity index (χ3v) is 4.45. The van der Waals surface area contributed by atoms with Crippen LogP contribution >= 0.6 is 22.9 Å². The number of hydrogen-bond donors (Lipinski definition) is 2. The first-order valence-electron chi connectivity index (χ1n) is 6.41. The molecule has 1 aromatic heterocycles. The van der Waals surface area contributed by atoms with E-state index in [9.17, 15) is 5.11 Å². The van der Waals surface area contributed by atoms with Crippen molar-refractivity contribution in [1.29, 1.82) is 0 Å². The van der Waals surface area contributed by atoms with E-state index in [-0.39, 0.29) is 6.04 Å². The number of aliphatic hydroxyl groups is 1. The Morgan fingerprint density at radius 1 is 1.26 bits per heavy atom. The van der Waals surface area contributed by atoms with Gasteiger partial charge in [0.1, 0.15) is 0 Å². The number of rotatable bonds is 6. The molecule has 0 amide bonds. The van der Waals surface area contributed by atoms with Crippen molar-refractivity contribution in [2.45, 2.75) is 25.5 Å². The zero-order valence-corrected chi connectivity index (χ0v) is 12.4. The standard InChI is InChI=1S/C15H18ClNOS/c1-2-13(15-8-5-9-19-15)17-10-14(18)11-6-3-4-7-12(11)16/h3-9,13-14,17-18H,2,10H2,1H3. The zero-order chi connectivity index (χ0) is 13.7. The minimum atomic E-state index is -0.581. The Kier molecular flexibility index (Phi) is 5.40. The smallest absolute Gasteiger partial charge is 0.0928 e. The van der Waals surface area contributed by atoms with Gasteiger partial charge < -0.3 is 10.4 Å². The van der Waals surface area contributed by atoms with Gasteiger partial charge in [-0.2, -0.15) is 0 Å². The predicted molar refractivity (Wildman–Crippen MR) is 81.8 cm³/mol. The SMILES string of the molecule is CCC(NCC(O)c1ccccc1Cl)c1cccs1. The van der Waals surface area contributed by atoms with Gasteiger partial charge in [0.05, 0.1) is 6.10 Å². The Labute approximate surface area is 123 Å². The number of halogens is 1. The van der Waals surface area contributed by atoms with Gasteiger partial charge in [-0.15, -0.1) is 11.3 Å². The molecule has 19 heavy (non-hydrogen) atoms. The van der Waals surface area contributed by atoms with Crippen molar-refractivity contribution in [3.63, 3.8) is 0 Å². The average molecular weight is 296 g/mol. The largest absolute Gasteiger partial charge is 0.387 e. The minimum Gasteiger partial charge on any atom is -0.387 e. The van der Waals surface area contributed by atoms with Crippen molar-refractivity contribution < 1.29 is 5.11 Å². The molecule has 2 atom stereocenters. The highest BCUT2D eigenvalue weighted by molar-refractivity contribution is 7.10. The summed E-state index contributed by atoms with van der Waals surface area (Å²) in [4.78, 5) is 1.30. The molecule has 1 aromatic carbocycles. The molecule has 2 unspecified atom stereocenters. The summed E-state index contributed by atoms with van der Waals surface area (Å²) < 4.78 is 0. The molecule has 0 aliphatic rings. The lowest BCUT2D eigenvalue weighted by atomic mass is 10.1. The number of hydrogen-bond acceptors (Lipinski definition) is 3. The van der Waals surface area contributed by atoms with Crippen LogP contribution in [0.3, 0.4) is 0 Å². The van der Waals surface area contributed by atoms with Gasteiger partial charge in [0.15, 0.2) is 0 Å². The number of nitrogens with one attached hydrogen (secondary N) is 1. The molecule has 2 aromatic rings. The third kappa shape index (κ3) is 3.80. The van der Waals surface area contributed by atoms with E-state index in [1.807, 2.05) is 18.2 Å². The van der Waals surface area contributed by atoms with Crippen LogP contribution < -0.4 is 5.32 Å². The number of aliphatic hydroxyl groups excluding tert-OH is 1. The third-order valence-electron chi connectivity index (χ3n) is 3.12. The van der Waals surface area contributed by atoms with E-state index in [1.54, 1.807) is 17.4 Å². The molecule has 0 fully saturated rings. The molecule has 1 heterocycles. The lowest BCUT2D eigenvalue weighted by molar-refractivity contribution is 0.169. The van der Waals surface area contributed by atoms with Crippen molar-refractivity contribution in [2.75, 3.05) is 6.54 Å². The minimum absolute atomic E-state index is 0.289. The van der Waals surface area contributed by atoms with Gasteiger partial charge in [-0.25, -0.2) is 0 Å². The van der Waals surface area contributed by atoms with Crippen molar-refractivity contribution >= 4 is 22.9 Å². The first-order valence-corrected chi connectivity index (χ1v) is 7.67. The second kappa shape index (κ2) is 7.06. The van der Waals surface area contributed by atoms with Crippen molar-refractivity contribution in [1.82, 2.24) is 5.32 Å². The quantitative estimate of drug-likeness (QED) is 0.838. The first-order chi connectivity index (χ1) is 9.22. The molecular formula is C15H18ClNOS. The summed E-state index contributed by atoms with van der Waals surface area (Å²) in [5, 5.41) is 16.3. The molecule has 0 saturated heterocycles. The fraction of sp³-hybridized carbons (Fsp3) is 0.333. The molecule has 0 radical (unpaired) electrons. The second-order valence-corrected chi connectivity index (χ2v) is 5.81. The molecule has 2 N–H and O–H groups in total. The van der Waals surface area contributed by atoms with Gasteiger partial charge in [-0.05, 0) is 23.9 Å². The Morgan fingerprint density at radius 2 is 2.05 bits per heavy atom. The van der Waals surface area contributed by atoms with Crippen LogP contribution in [0.15, 0.2) is 41.8 Å². The maximum atomic E-state index is 10.2. The van der Waals surface area contributed by atoms with E-state index < -0.39 is 6.10 Å². The molecule has 0 aliphatic carbocycles. The second-order valence-electron chi connectivity index (χ2n) is 4.42. The van der Waals surface area contributed by atoms with Crippen LogP contribution in [0.5, 0.6) is 0 Å². The van der Waals surface area contributed by atoms with Gasteiger partial charge in [-0.3, -0.25) is 0 Å². The highest BCUT2D eigenvalue weighted by Crippen LogP contribution is 2.25. The van der Waals surface area contributed by atoms with Gasteiger partial charge in [-0.1, -0.05) is 42.8 Å². The van der Waals surface area contributed by atoms with E-state index in [2.05, 4.69) is 29.8 Å². The Balaban J connectivity index is 1.96. The average Bonchev–Trinajstić information content (AvgIpc) is 2.94. The summed E-state index contributed by atoms with van der Waals surface area (Å²) in [6.07, 6.45) is 0.415. The highest BCUT2D eigenvalue weighted by Gasteiger charge is 2.14. The van der Waals surface area contributed by atoms with E-state index in [0.29, 0.717) is 11.6 Å². The number of thiophene rings is 1. The van der Waals surface area contributed by atoms with E-state index in [1.165, 1.54) is 4.88 Å². The lowest BCUT2D eigenvalue weighted by Gasteiger charge is -2.19. The molecular weight excluding hydrogens is 278 g/mol. The van der Waals surface area contributed by atoms with Crippen molar-refractivity contribution in [3.8, 4) is 0 Å². The Morgan fingerprint density at radius 3 is 2.68 bits per heavy atom. The molecule has 102 valence electrons. The van der Waals surface area contributed by atoms with E-state index in [0.717, 1.165) is 12.0 Å². The summed E-state index contributed by atoms with van der Waals surface area (Å²) in [5.41, 5.74) is 0.776. The van der Waals surface area contributed by atoms with Gasteiger partial charge in [0.2, 0.25) is 0 Å². The molecule has 0 bridgehead atoms. The molecule has 0 saturated carbocycles. The summed E-state index contributed by atoms with van der Waals surface area (Å²) in [6, 6.07) is 11.9. The van der Waals surface area contributed by atoms with Gasteiger partial charge >= 0.3 is 0 Å². The van der Waals surface area contributed by atoms with E-state index in [4.69, 9.17) is 11.6 Å². The van der Waals surface area contributed by atoms with E-state index >= 15 is 0 Å². The van der Waals surface area contributed by atoms with Crippen LogP contribution in [0.25, 0.3) is 0 Å². The zero-order valence-electron chi connectivity index (χ0n) is 10.8. The fourth-order valence-electron chi connectivity index (χ4n) is 2.04. The summed E-state index contributed by atoms with van der Waals surface area (Å²) in [5.74, 6) is 0. The van der Waals surface area contributed by atoms with Crippen LogP contribution in [0.2, 0.25) is 5.02 Å². The normalized spacial score (nSPS) is 14.3. The van der Waals surface area contributed by atoms with Crippen LogP contribution in [0, 0.1) is 0 Å². The van der Waals surface area contributed by atoms with Crippen LogP contribution in [-0.4, -0.2) is 11.7 Å². The predicted octanol–water partition coefficient (Wildman–Crippen LogP) is 4.18. The highest BCUT2D eigenvalue weighted by atomic mass is 35.5. The lowest BCUT2D eigenvalue weighted by Crippen LogP contribution is -2.25. The van der Waals surface area contributed by atoms with Crippen molar-refractivity contribution in [3.05, 3.63) is 57.2 Å². The monoisotopic (exact) mass is 295 g/mol. The fourth-order valence-corrected chi connectivity index (χ4v) is 3.19. The summed E-state index contributed by atoms with van der Waals surface area (Å²) >= 11 is 7.82. The topological polar surface area (TPSA) is 32.3 Å². The van der Waals surface area contributed by atoms with Crippen LogP contribution in [0.1, 0.15) is 35.9 Å². The summed E-state index contributed by atoms with van der Waals surface area (Å²) in [7, 11) is 0. The Bertz CT molecular complexity index is 501. The van der Waals surface area contributed by atoms with Crippen LogP contribution in [-0.2, 0) is 0 Å². The maximum Gasteiger partial charge on any atom is 0.0928 e. The molecule has 2 nitrogen and oxygen atoms in total. The van der Waals surface area contributed by atoms with Gasteiger partial charge in [0, 0.05) is 28.0 Å².